The van der Waals surface area contributed by atoms with Crippen molar-refractivity contribution in [3.05, 3.63) is 52.3 Å². The van der Waals surface area contributed by atoms with Gasteiger partial charge in [0.25, 0.3) is 0 Å². The van der Waals surface area contributed by atoms with Crippen LogP contribution in [-0.2, 0) is 19.5 Å². The molecule has 2 aromatic rings. The molecule has 1 N–H and O–H groups in total. The highest BCUT2D eigenvalue weighted by Crippen LogP contribution is 2.22. The Morgan fingerprint density at radius 2 is 2.06 bits per heavy atom. The maximum absolute atomic E-state index is 3.53. The summed E-state index contributed by atoms with van der Waals surface area (Å²) in [6, 6.07) is 10.7. The Morgan fingerprint density at radius 1 is 1.22 bits per heavy atom. The third-order valence-corrected chi connectivity index (χ3v) is 3.67. The van der Waals surface area contributed by atoms with E-state index in [-0.39, 0.29) is 0 Å². The highest BCUT2D eigenvalue weighted by atomic mass is 79.9. The number of nitrogens with zero attached hydrogens (tertiary/aromatic N) is 1. The van der Waals surface area contributed by atoms with E-state index in [9.17, 15) is 0 Å². The maximum atomic E-state index is 3.53. The van der Waals surface area contributed by atoms with Crippen LogP contribution in [0.15, 0.2) is 41.0 Å². The number of hydrogen-bond acceptors (Lipinski definition) is 1. The van der Waals surface area contributed by atoms with Gasteiger partial charge in [-0.05, 0) is 49.2 Å². The largest absolute Gasteiger partial charge is 0.379 e. The van der Waals surface area contributed by atoms with Crippen molar-refractivity contribution in [2.24, 2.45) is 0 Å². The predicted molar refractivity (Wildman–Crippen MR) is 81.0 cm³/mol. The van der Waals surface area contributed by atoms with E-state index in [0.29, 0.717) is 0 Å². The molecule has 0 amide bonds. The molecule has 3 heteroatoms. The van der Waals surface area contributed by atoms with E-state index < -0.39 is 0 Å². The lowest BCUT2D eigenvalue weighted by Crippen LogP contribution is -2.07. The van der Waals surface area contributed by atoms with Gasteiger partial charge in [-0.2, -0.15) is 0 Å². The normalized spacial score (nSPS) is 10.6. The summed E-state index contributed by atoms with van der Waals surface area (Å²) in [5, 5.41) is 3.53. The van der Waals surface area contributed by atoms with Gasteiger partial charge in [-0.3, -0.25) is 0 Å². The third-order valence-electron chi connectivity index (χ3n) is 3.17. The number of halogens is 1. The summed E-state index contributed by atoms with van der Waals surface area (Å²) in [7, 11) is 0. The van der Waals surface area contributed by atoms with Crippen molar-refractivity contribution in [1.82, 2.24) is 4.57 Å². The lowest BCUT2D eigenvalue weighted by Gasteiger charge is -2.13. The van der Waals surface area contributed by atoms with Crippen LogP contribution in [0.3, 0.4) is 0 Å². The summed E-state index contributed by atoms with van der Waals surface area (Å²) in [5.74, 6) is 0. The van der Waals surface area contributed by atoms with Gasteiger partial charge in [0.1, 0.15) is 0 Å². The third kappa shape index (κ3) is 2.96. The molecule has 96 valence electrons. The summed E-state index contributed by atoms with van der Waals surface area (Å²) in [6.07, 6.45) is 3.16. The topological polar surface area (TPSA) is 17.0 Å². The quantitative estimate of drug-likeness (QED) is 0.864. The summed E-state index contributed by atoms with van der Waals surface area (Å²) < 4.78 is 3.40. The highest BCUT2D eigenvalue weighted by molar-refractivity contribution is 9.10. The molecule has 18 heavy (non-hydrogen) atoms. The number of aromatic nitrogens is 1. The smallest absolute Gasteiger partial charge is 0.0553 e. The monoisotopic (exact) mass is 306 g/mol. The lowest BCUT2D eigenvalue weighted by molar-refractivity contribution is 0.724. The Balaban J connectivity index is 2.10. The van der Waals surface area contributed by atoms with Crippen molar-refractivity contribution in [2.45, 2.75) is 33.4 Å². The molecule has 1 aromatic carbocycles. The first-order valence-corrected chi connectivity index (χ1v) is 7.20. The van der Waals surface area contributed by atoms with Crippen LogP contribution in [0.1, 0.15) is 25.1 Å². The fourth-order valence-electron chi connectivity index (χ4n) is 2.13. The zero-order valence-corrected chi connectivity index (χ0v) is 12.5. The van der Waals surface area contributed by atoms with Crippen molar-refractivity contribution in [1.29, 1.82) is 0 Å². The van der Waals surface area contributed by atoms with Crippen LogP contribution in [0.4, 0.5) is 5.69 Å². The first-order chi connectivity index (χ1) is 8.74. The summed E-state index contributed by atoms with van der Waals surface area (Å²) in [4.78, 5) is 0. The van der Waals surface area contributed by atoms with Crippen molar-refractivity contribution in [3.63, 3.8) is 0 Å². The van der Waals surface area contributed by atoms with E-state index in [4.69, 9.17) is 0 Å². The molecule has 0 saturated heterocycles. The molecular formula is C15H19BrN2. The molecule has 1 heterocycles. The average Bonchev–Trinajstić information content (AvgIpc) is 2.84. The van der Waals surface area contributed by atoms with Crippen LogP contribution in [0.2, 0.25) is 0 Å². The van der Waals surface area contributed by atoms with Gasteiger partial charge in [-0.1, -0.05) is 22.9 Å². The fourth-order valence-corrected chi connectivity index (χ4v) is 2.54. The molecule has 2 rings (SSSR count). The molecule has 0 radical (unpaired) electrons. The minimum Gasteiger partial charge on any atom is -0.379 e. The first kappa shape index (κ1) is 13.2. The lowest BCUT2D eigenvalue weighted by atomic mass is 10.1. The van der Waals surface area contributed by atoms with Crippen molar-refractivity contribution in [2.75, 3.05) is 5.32 Å². The van der Waals surface area contributed by atoms with Gasteiger partial charge >= 0.3 is 0 Å². The van der Waals surface area contributed by atoms with Gasteiger partial charge in [0.05, 0.1) is 6.54 Å². The minimum atomic E-state index is 0.871. The van der Waals surface area contributed by atoms with Gasteiger partial charge in [-0.25, -0.2) is 0 Å². The van der Waals surface area contributed by atoms with E-state index in [1.54, 1.807) is 0 Å². The Labute approximate surface area is 117 Å². The van der Waals surface area contributed by atoms with Crippen LogP contribution in [0, 0.1) is 0 Å². The van der Waals surface area contributed by atoms with Crippen molar-refractivity contribution in [3.8, 4) is 0 Å². The molecule has 0 aliphatic carbocycles. The fraction of sp³-hybridized carbons (Fsp3) is 0.333. The first-order valence-electron chi connectivity index (χ1n) is 6.41. The van der Waals surface area contributed by atoms with E-state index in [0.717, 1.165) is 24.0 Å². The van der Waals surface area contributed by atoms with Crippen molar-refractivity contribution >= 4 is 21.6 Å². The second-order valence-corrected chi connectivity index (χ2v) is 5.21. The standard InChI is InChI=1S/C15H19BrN2/c1-3-12-10-13(16)7-8-15(12)17-11-14-6-5-9-18(14)4-2/h5-10,17H,3-4,11H2,1-2H3. The number of anilines is 1. The second kappa shape index (κ2) is 6.10. The van der Waals surface area contributed by atoms with E-state index in [2.05, 4.69) is 76.2 Å². The van der Waals surface area contributed by atoms with E-state index >= 15 is 0 Å². The summed E-state index contributed by atoms with van der Waals surface area (Å²) >= 11 is 3.52. The van der Waals surface area contributed by atoms with Gasteiger partial charge in [0, 0.05) is 28.6 Å². The number of hydrogen-bond donors (Lipinski definition) is 1. The summed E-state index contributed by atoms with van der Waals surface area (Å²) in [5.41, 5.74) is 3.89. The predicted octanol–water partition coefficient (Wildman–Crippen LogP) is 4.45. The second-order valence-electron chi connectivity index (χ2n) is 4.29. The number of aryl methyl sites for hydroxylation is 2. The van der Waals surface area contributed by atoms with Crippen LogP contribution in [-0.4, -0.2) is 4.57 Å². The Hall–Kier alpha value is -1.22. The SMILES string of the molecule is CCc1cc(Br)ccc1NCc1cccn1CC. The zero-order valence-electron chi connectivity index (χ0n) is 10.9. The van der Waals surface area contributed by atoms with Crippen LogP contribution < -0.4 is 5.32 Å². The van der Waals surface area contributed by atoms with Crippen LogP contribution in [0.5, 0.6) is 0 Å². The number of rotatable bonds is 5. The zero-order chi connectivity index (χ0) is 13.0. The van der Waals surface area contributed by atoms with Gasteiger partial charge in [0.2, 0.25) is 0 Å². The molecule has 0 saturated carbocycles. The number of benzene rings is 1. The van der Waals surface area contributed by atoms with Gasteiger partial charge < -0.3 is 9.88 Å². The summed E-state index contributed by atoms with van der Waals surface area (Å²) in [6.45, 7) is 6.24. The Morgan fingerprint density at radius 3 is 2.78 bits per heavy atom. The molecule has 0 bridgehead atoms. The molecule has 1 aromatic heterocycles. The molecule has 0 spiro atoms. The molecule has 0 aliphatic rings. The number of nitrogens with one attached hydrogen (secondary N) is 1. The van der Waals surface area contributed by atoms with Crippen LogP contribution in [0.25, 0.3) is 0 Å². The van der Waals surface area contributed by atoms with E-state index in [1.165, 1.54) is 16.9 Å². The molecule has 2 nitrogen and oxygen atoms in total. The molecule has 0 atom stereocenters. The molecule has 0 unspecified atom stereocenters. The highest BCUT2D eigenvalue weighted by Gasteiger charge is 2.03. The molecule has 0 aliphatic heterocycles. The maximum Gasteiger partial charge on any atom is 0.0553 e. The van der Waals surface area contributed by atoms with Crippen molar-refractivity contribution < 1.29 is 0 Å². The minimum absolute atomic E-state index is 0.871. The van der Waals surface area contributed by atoms with Crippen LogP contribution >= 0.6 is 15.9 Å². The Bertz CT molecular complexity index is 517. The average molecular weight is 307 g/mol. The molecular weight excluding hydrogens is 288 g/mol. The van der Waals surface area contributed by atoms with Gasteiger partial charge in [-0.15, -0.1) is 0 Å². The Kier molecular flexibility index (Phi) is 4.48. The molecule has 0 fully saturated rings. The van der Waals surface area contributed by atoms with Gasteiger partial charge in [0.15, 0.2) is 0 Å². The van der Waals surface area contributed by atoms with E-state index in [1.807, 2.05) is 0 Å².